The molecule has 0 heterocycles. The van der Waals surface area contributed by atoms with Crippen molar-refractivity contribution >= 4 is 23.9 Å². The fraction of sp³-hybridized carbons (Fsp3) is 0.111. The van der Waals surface area contributed by atoms with Gasteiger partial charge in [0.15, 0.2) is 0 Å². The molecule has 0 aromatic heterocycles. The SMILES string of the molecule is C=C(C)C(=O)OCCOC(=O)c1ccc(-c2ccc(OC(=O)c3ccc(-c4ccc(OC(=O)C(=C)C)cc4)cc3)cc2)cc1. The molecule has 44 heavy (non-hydrogen) atoms. The van der Waals surface area contributed by atoms with Gasteiger partial charge >= 0.3 is 23.9 Å². The normalized spacial score (nSPS) is 10.3. The van der Waals surface area contributed by atoms with Gasteiger partial charge in [-0.25, -0.2) is 19.2 Å². The van der Waals surface area contributed by atoms with Gasteiger partial charge in [-0.2, -0.15) is 0 Å². The van der Waals surface area contributed by atoms with E-state index in [1.54, 1.807) is 67.6 Å². The molecule has 0 N–H and O–H groups in total. The Morgan fingerprint density at radius 1 is 0.477 bits per heavy atom. The number of ether oxygens (including phenoxy) is 4. The number of carbonyl (C=O) groups is 4. The van der Waals surface area contributed by atoms with Crippen molar-refractivity contribution in [3.05, 3.63) is 132 Å². The average molecular weight is 591 g/mol. The van der Waals surface area contributed by atoms with E-state index in [4.69, 9.17) is 18.9 Å². The number of rotatable bonds is 11. The molecule has 0 saturated carbocycles. The summed E-state index contributed by atoms with van der Waals surface area (Å²) in [7, 11) is 0. The van der Waals surface area contributed by atoms with Crippen LogP contribution >= 0.6 is 0 Å². The van der Waals surface area contributed by atoms with E-state index in [0.717, 1.165) is 22.3 Å². The number of benzene rings is 4. The van der Waals surface area contributed by atoms with E-state index < -0.39 is 23.9 Å². The largest absolute Gasteiger partial charge is 0.459 e. The van der Waals surface area contributed by atoms with Crippen molar-refractivity contribution < 1.29 is 38.1 Å². The summed E-state index contributed by atoms with van der Waals surface area (Å²) < 4.78 is 20.8. The van der Waals surface area contributed by atoms with E-state index in [0.29, 0.717) is 28.2 Å². The monoisotopic (exact) mass is 590 g/mol. The predicted molar refractivity (Wildman–Crippen MR) is 165 cm³/mol. The van der Waals surface area contributed by atoms with Gasteiger partial charge in [0.1, 0.15) is 24.7 Å². The molecule has 0 unspecified atom stereocenters. The molecule has 4 rings (SSSR count). The van der Waals surface area contributed by atoms with E-state index in [9.17, 15) is 19.2 Å². The second-order valence-electron chi connectivity index (χ2n) is 9.81. The predicted octanol–water partition coefficient (Wildman–Crippen LogP) is 7.00. The Balaban J connectivity index is 1.29. The summed E-state index contributed by atoms with van der Waals surface area (Å²) in [6, 6.07) is 27.9. The first-order chi connectivity index (χ1) is 21.1. The maximum atomic E-state index is 12.7. The number of esters is 4. The van der Waals surface area contributed by atoms with Crippen molar-refractivity contribution in [3.8, 4) is 33.8 Å². The fourth-order valence-corrected chi connectivity index (χ4v) is 3.86. The highest BCUT2D eigenvalue weighted by Crippen LogP contribution is 2.26. The molecule has 0 spiro atoms. The van der Waals surface area contributed by atoms with Crippen molar-refractivity contribution in [2.75, 3.05) is 13.2 Å². The van der Waals surface area contributed by atoms with Gasteiger partial charge in [0.25, 0.3) is 0 Å². The first-order valence-corrected chi connectivity index (χ1v) is 13.6. The van der Waals surface area contributed by atoms with Gasteiger partial charge < -0.3 is 18.9 Å². The Bertz CT molecular complexity index is 1680. The summed E-state index contributed by atoms with van der Waals surface area (Å²) >= 11 is 0. The van der Waals surface area contributed by atoms with Crippen LogP contribution in [0.2, 0.25) is 0 Å². The molecule has 222 valence electrons. The van der Waals surface area contributed by atoms with Gasteiger partial charge in [-0.15, -0.1) is 0 Å². The van der Waals surface area contributed by atoms with Crippen molar-refractivity contribution in [1.29, 1.82) is 0 Å². The van der Waals surface area contributed by atoms with Crippen LogP contribution in [0.3, 0.4) is 0 Å². The highest BCUT2D eigenvalue weighted by Gasteiger charge is 2.12. The fourth-order valence-electron chi connectivity index (χ4n) is 3.86. The molecule has 0 bridgehead atoms. The van der Waals surface area contributed by atoms with E-state index in [1.165, 1.54) is 6.92 Å². The zero-order valence-electron chi connectivity index (χ0n) is 24.3. The Hall–Kier alpha value is -5.76. The second kappa shape index (κ2) is 14.4. The van der Waals surface area contributed by atoms with Crippen LogP contribution in [0.4, 0.5) is 0 Å². The summed E-state index contributed by atoms with van der Waals surface area (Å²) in [4.78, 5) is 48.0. The first kappa shape index (κ1) is 31.2. The molecule has 4 aromatic rings. The maximum absolute atomic E-state index is 12.7. The molecule has 4 aromatic carbocycles. The van der Waals surface area contributed by atoms with Crippen LogP contribution in [0.1, 0.15) is 34.6 Å². The molecule has 8 nitrogen and oxygen atoms in total. The molecular weight excluding hydrogens is 560 g/mol. The minimum Gasteiger partial charge on any atom is -0.459 e. The highest BCUT2D eigenvalue weighted by molar-refractivity contribution is 5.92. The summed E-state index contributed by atoms with van der Waals surface area (Å²) in [6.07, 6.45) is 0. The zero-order valence-corrected chi connectivity index (χ0v) is 24.3. The van der Waals surface area contributed by atoms with E-state index in [-0.39, 0.29) is 18.8 Å². The van der Waals surface area contributed by atoms with Gasteiger partial charge in [-0.05, 0) is 84.6 Å². The highest BCUT2D eigenvalue weighted by atomic mass is 16.6. The summed E-state index contributed by atoms with van der Waals surface area (Å²) in [5.74, 6) is -1.24. The van der Waals surface area contributed by atoms with Crippen LogP contribution in [0.15, 0.2) is 121 Å². The molecule has 0 amide bonds. The maximum Gasteiger partial charge on any atom is 0.343 e. The summed E-state index contributed by atoms with van der Waals surface area (Å²) in [5, 5.41) is 0. The lowest BCUT2D eigenvalue weighted by molar-refractivity contribution is -0.140. The lowest BCUT2D eigenvalue weighted by Gasteiger charge is -2.09. The Labute approximate surface area is 255 Å². The van der Waals surface area contributed by atoms with Crippen LogP contribution < -0.4 is 9.47 Å². The topological polar surface area (TPSA) is 105 Å². The Kier molecular flexibility index (Phi) is 10.2. The summed E-state index contributed by atoms with van der Waals surface area (Å²) in [6.45, 7) is 10.1. The van der Waals surface area contributed by atoms with Crippen molar-refractivity contribution in [2.45, 2.75) is 13.8 Å². The lowest BCUT2D eigenvalue weighted by Crippen LogP contribution is -2.14. The molecule has 0 radical (unpaired) electrons. The van der Waals surface area contributed by atoms with Gasteiger partial charge in [-0.3, -0.25) is 0 Å². The Morgan fingerprint density at radius 3 is 1.27 bits per heavy atom. The van der Waals surface area contributed by atoms with E-state index >= 15 is 0 Å². The van der Waals surface area contributed by atoms with Crippen LogP contribution in [0.25, 0.3) is 22.3 Å². The lowest BCUT2D eigenvalue weighted by atomic mass is 10.0. The quantitative estimate of drug-likeness (QED) is 0.0796. The molecule has 0 aliphatic carbocycles. The standard InChI is InChI=1S/C36H30O8/c1-23(2)33(37)41-21-22-42-35(39)29-9-5-25(6-10-29)28-15-19-32(20-16-28)44-36(40)30-11-7-26(8-12-30)27-13-17-31(18-14-27)43-34(38)24(3)4/h5-20H,1,3,21-22H2,2,4H3. The van der Waals surface area contributed by atoms with Crippen LogP contribution in [-0.2, 0) is 19.1 Å². The third-order valence-electron chi connectivity index (χ3n) is 6.28. The van der Waals surface area contributed by atoms with Gasteiger partial charge in [0, 0.05) is 11.1 Å². The number of hydrogen-bond acceptors (Lipinski definition) is 8. The van der Waals surface area contributed by atoms with Crippen LogP contribution in [0.5, 0.6) is 11.5 Å². The number of hydrogen-bond donors (Lipinski definition) is 0. The molecule has 0 saturated heterocycles. The van der Waals surface area contributed by atoms with E-state index in [2.05, 4.69) is 13.2 Å². The zero-order chi connectivity index (χ0) is 31.6. The van der Waals surface area contributed by atoms with Crippen molar-refractivity contribution in [1.82, 2.24) is 0 Å². The minimum absolute atomic E-state index is 0.0517. The Morgan fingerprint density at radius 2 is 0.841 bits per heavy atom. The molecule has 0 fully saturated rings. The molecular formula is C36H30O8. The average Bonchev–Trinajstić information content (AvgIpc) is 3.03. The van der Waals surface area contributed by atoms with Crippen molar-refractivity contribution in [3.63, 3.8) is 0 Å². The second-order valence-corrected chi connectivity index (χ2v) is 9.81. The molecule has 0 atom stereocenters. The third kappa shape index (κ3) is 8.39. The van der Waals surface area contributed by atoms with Crippen molar-refractivity contribution in [2.24, 2.45) is 0 Å². The molecule has 0 aliphatic heterocycles. The van der Waals surface area contributed by atoms with Gasteiger partial charge in [0.05, 0.1) is 11.1 Å². The van der Waals surface area contributed by atoms with Crippen LogP contribution in [0, 0.1) is 0 Å². The van der Waals surface area contributed by atoms with Gasteiger partial charge in [-0.1, -0.05) is 61.7 Å². The first-order valence-electron chi connectivity index (χ1n) is 13.6. The minimum atomic E-state index is -0.536. The molecule has 0 aliphatic rings. The smallest absolute Gasteiger partial charge is 0.343 e. The molecule has 8 heteroatoms. The third-order valence-corrected chi connectivity index (χ3v) is 6.28. The number of carbonyl (C=O) groups excluding carboxylic acids is 4. The van der Waals surface area contributed by atoms with Crippen LogP contribution in [-0.4, -0.2) is 37.1 Å². The van der Waals surface area contributed by atoms with E-state index in [1.807, 2.05) is 36.4 Å². The summed E-state index contributed by atoms with van der Waals surface area (Å²) in [5.41, 5.74) is 4.83. The van der Waals surface area contributed by atoms with Gasteiger partial charge in [0.2, 0.25) is 0 Å².